The fourth-order valence-electron chi connectivity index (χ4n) is 5.99. The van der Waals surface area contributed by atoms with Gasteiger partial charge in [-0.05, 0) is 16.3 Å². The lowest BCUT2D eigenvalue weighted by molar-refractivity contribution is 1.01. The van der Waals surface area contributed by atoms with Gasteiger partial charge in [0, 0.05) is 32.7 Å². The van der Waals surface area contributed by atoms with E-state index >= 15 is 0 Å². The van der Waals surface area contributed by atoms with E-state index in [1.54, 1.807) is 0 Å². The first-order chi connectivity index (χ1) is 19.4. The topological polar surface area (TPSA) is 30.7 Å². The zero-order chi connectivity index (χ0) is 25.8. The maximum Gasteiger partial charge on any atom is 0.118 e. The summed E-state index contributed by atoms with van der Waals surface area (Å²) in [6.45, 7) is 0. The molecule has 8 rings (SSSR count). The third-order valence-electron chi connectivity index (χ3n) is 7.72. The second kappa shape index (κ2) is 8.64. The molecule has 0 aliphatic heterocycles. The van der Waals surface area contributed by atoms with Crippen molar-refractivity contribution in [3.8, 4) is 28.1 Å². The first-order valence-corrected chi connectivity index (χ1v) is 13.2. The van der Waals surface area contributed by atoms with Crippen LogP contribution in [0.1, 0.15) is 0 Å². The van der Waals surface area contributed by atoms with Gasteiger partial charge >= 0.3 is 0 Å². The predicted molar refractivity (Wildman–Crippen MR) is 162 cm³/mol. The number of hydrogen-bond donors (Lipinski definition) is 0. The highest BCUT2D eigenvalue weighted by atomic mass is 15.1. The molecule has 0 amide bonds. The standard InChI is InChI=1S/C36H23N3/c1-3-11-24(12-4-1)32-23-37-38-33(27-15-5-2-6-16-27)36(32)39-34-28-17-9-7-13-25(28)19-21-30(34)31-22-20-26-14-8-10-18-29(26)35(31)39/h1-23H. The van der Waals surface area contributed by atoms with Crippen molar-refractivity contribution in [2.45, 2.75) is 0 Å². The Labute approximate surface area is 225 Å². The van der Waals surface area contributed by atoms with E-state index in [1.807, 2.05) is 12.3 Å². The van der Waals surface area contributed by atoms with E-state index < -0.39 is 0 Å². The van der Waals surface area contributed by atoms with Crippen molar-refractivity contribution in [3.63, 3.8) is 0 Å². The van der Waals surface area contributed by atoms with Gasteiger partial charge in [-0.3, -0.25) is 0 Å². The van der Waals surface area contributed by atoms with Gasteiger partial charge in [0.1, 0.15) is 5.69 Å². The van der Waals surface area contributed by atoms with Crippen molar-refractivity contribution in [3.05, 3.63) is 140 Å². The zero-order valence-corrected chi connectivity index (χ0v) is 21.1. The molecule has 0 fully saturated rings. The van der Waals surface area contributed by atoms with Crippen LogP contribution in [0.5, 0.6) is 0 Å². The Morgan fingerprint density at radius 1 is 0.436 bits per heavy atom. The van der Waals surface area contributed by atoms with Crippen LogP contribution in [0.4, 0.5) is 0 Å². The van der Waals surface area contributed by atoms with Crippen molar-refractivity contribution < 1.29 is 0 Å². The molecule has 8 aromatic rings. The first kappa shape index (κ1) is 21.8. The number of rotatable bonds is 3. The third kappa shape index (κ3) is 3.30. The van der Waals surface area contributed by atoms with Crippen LogP contribution in [0.25, 0.3) is 71.4 Å². The van der Waals surface area contributed by atoms with Crippen LogP contribution in [-0.2, 0) is 0 Å². The van der Waals surface area contributed by atoms with E-state index in [0.717, 1.165) is 28.1 Å². The minimum Gasteiger partial charge on any atom is -0.305 e. The number of aromatic nitrogens is 3. The molecular formula is C36H23N3. The Bertz CT molecular complexity index is 2010. The molecule has 3 heteroatoms. The molecule has 0 aliphatic rings. The van der Waals surface area contributed by atoms with Crippen LogP contribution >= 0.6 is 0 Å². The summed E-state index contributed by atoms with van der Waals surface area (Å²) in [4.78, 5) is 0. The van der Waals surface area contributed by atoms with Crippen molar-refractivity contribution in [1.29, 1.82) is 0 Å². The summed E-state index contributed by atoms with van der Waals surface area (Å²) in [5, 5.41) is 16.6. The van der Waals surface area contributed by atoms with Crippen LogP contribution in [-0.4, -0.2) is 14.8 Å². The first-order valence-electron chi connectivity index (χ1n) is 13.2. The Morgan fingerprint density at radius 3 is 1.54 bits per heavy atom. The SMILES string of the molecule is c1ccc(-c2cnnc(-c3ccccc3)c2-n2c3c4ccccc4ccc3c3ccc4ccccc4c32)cc1. The highest BCUT2D eigenvalue weighted by Crippen LogP contribution is 2.43. The van der Waals surface area contributed by atoms with E-state index in [1.165, 1.54) is 43.4 Å². The molecule has 0 atom stereocenters. The van der Waals surface area contributed by atoms with Crippen LogP contribution in [0.3, 0.4) is 0 Å². The molecule has 0 radical (unpaired) electrons. The molecule has 0 saturated heterocycles. The molecule has 0 aliphatic carbocycles. The molecule has 2 aromatic heterocycles. The van der Waals surface area contributed by atoms with Gasteiger partial charge in [-0.25, -0.2) is 0 Å². The highest BCUT2D eigenvalue weighted by Gasteiger charge is 2.23. The van der Waals surface area contributed by atoms with Crippen LogP contribution in [0, 0.1) is 0 Å². The van der Waals surface area contributed by atoms with E-state index in [9.17, 15) is 0 Å². The summed E-state index contributed by atoms with van der Waals surface area (Å²) in [6, 6.07) is 47.2. The van der Waals surface area contributed by atoms with Crippen molar-refractivity contribution in [2.24, 2.45) is 0 Å². The second-order valence-electron chi connectivity index (χ2n) is 9.89. The van der Waals surface area contributed by atoms with Gasteiger partial charge in [0.05, 0.1) is 22.9 Å². The van der Waals surface area contributed by atoms with E-state index in [2.05, 4.69) is 137 Å². The lowest BCUT2D eigenvalue weighted by Crippen LogP contribution is -2.04. The largest absolute Gasteiger partial charge is 0.305 e. The second-order valence-corrected chi connectivity index (χ2v) is 9.89. The van der Waals surface area contributed by atoms with Gasteiger partial charge in [0.25, 0.3) is 0 Å². The maximum absolute atomic E-state index is 4.79. The molecule has 39 heavy (non-hydrogen) atoms. The maximum atomic E-state index is 4.79. The smallest absolute Gasteiger partial charge is 0.118 e. The molecule has 0 N–H and O–H groups in total. The monoisotopic (exact) mass is 497 g/mol. The Hall–Kier alpha value is -5.28. The van der Waals surface area contributed by atoms with Crippen molar-refractivity contribution in [1.82, 2.24) is 14.8 Å². The fraction of sp³-hybridized carbons (Fsp3) is 0. The Morgan fingerprint density at radius 2 is 0.949 bits per heavy atom. The summed E-state index contributed by atoms with van der Waals surface area (Å²) in [6.07, 6.45) is 1.91. The molecule has 6 aromatic carbocycles. The molecule has 0 spiro atoms. The average Bonchev–Trinajstić information content (AvgIpc) is 3.36. The molecule has 2 heterocycles. The van der Waals surface area contributed by atoms with E-state index in [4.69, 9.17) is 5.10 Å². The number of benzene rings is 6. The number of fused-ring (bicyclic) bond motifs is 7. The minimum absolute atomic E-state index is 0.858. The highest BCUT2D eigenvalue weighted by molar-refractivity contribution is 6.24. The summed E-state index contributed by atoms with van der Waals surface area (Å²) in [5.74, 6) is 0. The molecule has 0 unspecified atom stereocenters. The lowest BCUT2D eigenvalue weighted by atomic mass is 10.0. The minimum atomic E-state index is 0.858. The van der Waals surface area contributed by atoms with Crippen molar-refractivity contribution >= 4 is 43.4 Å². The number of nitrogens with zero attached hydrogens (tertiary/aromatic N) is 3. The lowest BCUT2D eigenvalue weighted by Gasteiger charge is -2.18. The summed E-state index contributed by atoms with van der Waals surface area (Å²) in [5.41, 5.74) is 7.45. The van der Waals surface area contributed by atoms with E-state index in [0.29, 0.717) is 0 Å². The molecule has 182 valence electrons. The van der Waals surface area contributed by atoms with Gasteiger partial charge in [-0.2, -0.15) is 5.10 Å². The van der Waals surface area contributed by atoms with Gasteiger partial charge in [0.2, 0.25) is 0 Å². The molecular weight excluding hydrogens is 474 g/mol. The van der Waals surface area contributed by atoms with Gasteiger partial charge < -0.3 is 4.57 Å². The van der Waals surface area contributed by atoms with Crippen LogP contribution < -0.4 is 0 Å². The molecule has 3 nitrogen and oxygen atoms in total. The zero-order valence-electron chi connectivity index (χ0n) is 21.1. The number of hydrogen-bond acceptors (Lipinski definition) is 2. The summed E-state index contributed by atoms with van der Waals surface area (Å²) < 4.78 is 2.45. The molecule has 0 bridgehead atoms. The average molecular weight is 498 g/mol. The Kier molecular flexibility index (Phi) is 4.82. The van der Waals surface area contributed by atoms with Crippen molar-refractivity contribution in [2.75, 3.05) is 0 Å². The van der Waals surface area contributed by atoms with Crippen LogP contribution in [0.15, 0.2) is 140 Å². The Balaban J connectivity index is 1.67. The fourth-order valence-corrected chi connectivity index (χ4v) is 5.99. The normalized spacial score (nSPS) is 11.6. The predicted octanol–water partition coefficient (Wildman–Crippen LogP) is 9.21. The molecule has 0 saturated carbocycles. The summed E-state index contributed by atoms with van der Waals surface area (Å²) in [7, 11) is 0. The third-order valence-corrected chi connectivity index (χ3v) is 7.72. The van der Waals surface area contributed by atoms with E-state index in [-0.39, 0.29) is 0 Å². The quantitative estimate of drug-likeness (QED) is 0.244. The van der Waals surface area contributed by atoms with Crippen LogP contribution in [0.2, 0.25) is 0 Å². The van der Waals surface area contributed by atoms with Gasteiger partial charge in [-0.15, -0.1) is 5.10 Å². The van der Waals surface area contributed by atoms with Gasteiger partial charge in [-0.1, -0.05) is 133 Å². The van der Waals surface area contributed by atoms with Gasteiger partial charge in [0.15, 0.2) is 0 Å². The summed E-state index contributed by atoms with van der Waals surface area (Å²) >= 11 is 0.